The number of hydrogen-bond donors (Lipinski definition) is 0. The number of hydrogen-bond acceptors (Lipinski definition) is 3. The summed E-state index contributed by atoms with van der Waals surface area (Å²) in [7, 11) is 0. The summed E-state index contributed by atoms with van der Waals surface area (Å²) in [5.74, 6) is 0.146. The molecule has 0 aliphatic carbocycles. The van der Waals surface area contributed by atoms with Crippen LogP contribution in [0, 0.1) is 0 Å². The smallest absolute Gasteiger partial charge is 0.312 e. The van der Waals surface area contributed by atoms with Crippen LogP contribution in [0.25, 0.3) is 0 Å². The second-order valence-corrected chi connectivity index (χ2v) is 2.39. The molecule has 12 heavy (non-hydrogen) atoms. The van der Waals surface area contributed by atoms with Crippen molar-refractivity contribution < 1.29 is 9.53 Å². The summed E-state index contributed by atoms with van der Waals surface area (Å²) < 4.78 is 4.90. The van der Waals surface area contributed by atoms with E-state index < -0.39 is 0 Å². The summed E-state index contributed by atoms with van der Waals surface area (Å²) in [5.41, 5.74) is 0. The van der Waals surface area contributed by atoms with Gasteiger partial charge in [-0.15, -0.1) is 0 Å². The molecule has 1 rings (SSSR count). The third kappa shape index (κ3) is 2.70. The molecule has 0 aliphatic heterocycles. The quantitative estimate of drug-likeness (QED) is 0.641. The van der Waals surface area contributed by atoms with E-state index in [4.69, 9.17) is 4.74 Å². The lowest BCUT2D eigenvalue weighted by Crippen LogP contribution is -2.07. The fourth-order valence-electron chi connectivity index (χ4n) is 0.779. The zero-order valence-electron chi connectivity index (χ0n) is 6.99. The van der Waals surface area contributed by atoms with Crippen molar-refractivity contribution in [2.45, 2.75) is 19.8 Å². The van der Waals surface area contributed by atoms with E-state index in [1.807, 2.05) is 6.92 Å². The summed E-state index contributed by atoms with van der Waals surface area (Å²) >= 11 is 0. The van der Waals surface area contributed by atoms with Crippen LogP contribution in [0.15, 0.2) is 24.4 Å². The van der Waals surface area contributed by atoms with E-state index in [-0.39, 0.29) is 5.97 Å². The molecule has 3 nitrogen and oxygen atoms in total. The highest BCUT2D eigenvalue weighted by molar-refractivity contribution is 5.71. The minimum absolute atomic E-state index is 0.226. The number of carbonyl (C=O) groups is 1. The molecule has 0 fully saturated rings. The summed E-state index contributed by atoms with van der Waals surface area (Å²) in [6, 6.07) is 5.21. The molecule has 0 aliphatic rings. The van der Waals surface area contributed by atoms with Gasteiger partial charge in [0.05, 0.1) is 0 Å². The Bertz CT molecular complexity index is 246. The Morgan fingerprint density at radius 2 is 2.42 bits per heavy atom. The summed E-state index contributed by atoms with van der Waals surface area (Å²) in [6.45, 7) is 1.93. The first kappa shape index (κ1) is 8.71. The number of aromatic nitrogens is 1. The Hall–Kier alpha value is -1.38. The highest BCUT2D eigenvalue weighted by Crippen LogP contribution is 2.04. The third-order valence-corrected chi connectivity index (χ3v) is 1.31. The van der Waals surface area contributed by atoms with Gasteiger partial charge in [0.15, 0.2) is 0 Å². The van der Waals surface area contributed by atoms with Gasteiger partial charge in [-0.05, 0) is 12.5 Å². The van der Waals surface area contributed by atoms with E-state index in [1.54, 1.807) is 24.4 Å². The standard InChI is InChI=1S/C9H11NO2/c1-2-5-9(11)12-8-6-3-4-7-10-8/h3-4,6-7H,2,5H2,1H3. The fourth-order valence-corrected chi connectivity index (χ4v) is 0.779. The van der Waals surface area contributed by atoms with Crippen molar-refractivity contribution in [1.82, 2.24) is 4.98 Å². The molecule has 0 saturated carbocycles. The van der Waals surface area contributed by atoms with E-state index >= 15 is 0 Å². The van der Waals surface area contributed by atoms with Crippen LogP contribution in [0.4, 0.5) is 0 Å². The van der Waals surface area contributed by atoms with Crippen molar-refractivity contribution >= 4 is 5.97 Å². The van der Waals surface area contributed by atoms with Crippen LogP contribution in [-0.4, -0.2) is 11.0 Å². The van der Waals surface area contributed by atoms with Gasteiger partial charge in [0.2, 0.25) is 5.88 Å². The number of carbonyl (C=O) groups excluding carboxylic acids is 1. The van der Waals surface area contributed by atoms with Gasteiger partial charge >= 0.3 is 5.97 Å². The first-order valence-corrected chi connectivity index (χ1v) is 3.94. The molecule has 0 amide bonds. The second kappa shape index (κ2) is 4.49. The van der Waals surface area contributed by atoms with Crippen molar-refractivity contribution in [1.29, 1.82) is 0 Å². The third-order valence-electron chi connectivity index (χ3n) is 1.31. The lowest BCUT2D eigenvalue weighted by Gasteiger charge is -1.99. The average Bonchev–Trinajstić information content (AvgIpc) is 2.06. The van der Waals surface area contributed by atoms with Crippen LogP contribution < -0.4 is 4.74 Å². The molecule has 1 aromatic rings. The van der Waals surface area contributed by atoms with E-state index in [9.17, 15) is 4.79 Å². The summed E-state index contributed by atoms with van der Waals surface area (Å²) in [5, 5.41) is 0. The Labute approximate surface area is 71.4 Å². The molecule has 0 N–H and O–H groups in total. The predicted molar refractivity (Wildman–Crippen MR) is 44.8 cm³/mol. The maximum atomic E-state index is 11.0. The molecule has 0 bridgehead atoms. The molecule has 3 heteroatoms. The number of esters is 1. The van der Waals surface area contributed by atoms with Crippen molar-refractivity contribution in [3.05, 3.63) is 24.4 Å². The number of rotatable bonds is 3. The van der Waals surface area contributed by atoms with Gasteiger partial charge in [0.1, 0.15) is 0 Å². The number of pyridine rings is 1. The van der Waals surface area contributed by atoms with E-state index in [2.05, 4.69) is 4.98 Å². The van der Waals surface area contributed by atoms with Crippen molar-refractivity contribution in [3.8, 4) is 5.88 Å². The van der Waals surface area contributed by atoms with Crippen LogP contribution in [-0.2, 0) is 4.79 Å². The molecule has 0 aromatic carbocycles. The molecule has 0 saturated heterocycles. The zero-order chi connectivity index (χ0) is 8.81. The van der Waals surface area contributed by atoms with Gasteiger partial charge in [0, 0.05) is 18.7 Å². The summed E-state index contributed by atoms with van der Waals surface area (Å²) in [6.07, 6.45) is 2.83. The Morgan fingerprint density at radius 1 is 1.58 bits per heavy atom. The SMILES string of the molecule is CCCC(=O)Oc1ccccn1. The van der Waals surface area contributed by atoms with Crippen LogP contribution in [0.2, 0.25) is 0 Å². The highest BCUT2D eigenvalue weighted by atomic mass is 16.5. The maximum Gasteiger partial charge on any atom is 0.312 e. The van der Waals surface area contributed by atoms with Crippen molar-refractivity contribution in [2.24, 2.45) is 0 Å². The molecule has 0 atom stereocenters. The van der Waals surface area contributed by atoms with Crippen molar-refractivity contribution in [2.75, 3.05) is 0 Å². The van der Waals surface area contributed by atoms with Gasteiger partial charge in [-0.3, -0.25) is 4.79 Å². The van der Waals surface area contributed by atoms with Gasteiger partial charge in [-0.25, -0.2) is 4.98 Å². The molecular formula is C9H11NO2. The lowest BCUT2D eigenvalue weighted by molar-refractivity contribution is -0.134. The zero-order valence-corrected chi connectivity index (χ0v) is 6.99. The first-order chi connectivity index (χ1) is 5.83. The van der Waals surface area contributed by atoms with E-state index in [0.29, 0.717) is 12.3 Å². The minimum atomic E-state index is -0.226. The van der Waals surface area contributed by atoms with Gasteiger partial charge in [0.25, 0.3) is 0 Å². The highest BCUT2D eigenvalue weighted by Gasteiger charge is 2.02. The Balaban J connectivity index is 2.47. The molecule has 0 spiro atoms. The van der Waals surface area contributed by atoms with Crippen molar-refractivity contribution in [3.63, 3.8) is 0 Å². The molecule has 1 aromatic heterocycles. The van der Waals surface area contributed by atoms with Crippen LogP contribution in [0.1, 0.15) is 19.8 Å². The molecule has 1 heterocycles. The predicted octanol–water partition coefficient (Wildman–Crippen LogP) is 1.79. The van der Waals surface area contributed by atoms with Gasteiger partial charge in [-0.2, -0.15) is 0 Å². The molecule has 0 unspecified atom stereocenters. The second-order valence-electron chi connectivity index (χ2n) is 2.39. The topological polar surface area (TPSA) is 39.2 Å². The Morgan fingerprint density at radius 3 is 3.00 bits per heavy atom. The van der Waals surface area contributed by atoms with Crippen LogP contribution >= 0.6 is 0 Å². The monoisotopic (exact) mass is 165 g/mol. The largest absolute Gasteiger partial charge is 0.407 e. The van der Waals surface area contributed by atoms with E-state index in [1.165, 1.54) is 0 Å². The molecular weight excluding hydrogens is 154 g/mol. The minimum Gasteiger partial charge on any atom is -0.407 e. The van der Waals surface area contributed by atoms with Gasteiger partial charge < -0.3 is 4.74 Å². The lowest BCUT2D eigenvalue weighted by atomic mass is 10.3. The number of ether oxygens (including phenoxy) is 1. The summed E-state index contributed by atoms with van der Waals surface area (Å²) in [4.78, 5) is 14.8. The fraction of sp³-hybridized carbons (Fsp3) is 0.333. The Kier molecular flexibility index (Phi) is 3.26. The van der Waals surface area contributed by atoms with E-state index in [0.717, 1.165) is 6.42 Å². The molecule has 64 valence electrons. The molecule has 0 radical (unpaired) electrons. The van der Waals surface area contributed by atoms with Crippen LogP contribution in [0.5, 0.6) is 5.88 Å². The van der Waals surface area contributed by atoms with Gasteiger partial charge in [-0.1, -0.05) is 13.0 Å². The normalized spacial score (nSPS) is 9.42. The van der Waals surface area contributed by atoms with Crippen LogP contribution in [0.3, 0.4) is 0 Å². The maximum absolute atomic E-state index is 11.0. The average molecular weight is 165 g/mol. The first-order valence-electron chi connectivity index (χ1n) is 3.94. The number of nitrogens with zero attached hydrogens (tertiary/aromatic N) is 1.